The predicted molar refractivity (Wildman–Crippen MR) is 41.7 cm³/mol. The third kappa shape index (κ3) is 2.18. The van der Waals surface area contributed by atoms with E-state index in [0.29, 0.717) is 0 Å². The van der Waals surface area contributed by atoms with Crippen LogP contribution in [0.3, 0.4) is 0 Å². The summed E-state index contributed by atoms with van der Waals surface area (Å²) < 4.78 is 36.1. The Bertz CT molecular complexity index is 367. The van der Waals surface area contributed by atoms with Crippen LogP contribution in [0.1, 0.15) is 11.3 Å². The zero-order chi connectivity index (χ0) is 10.1. The lowest BCUT2D eigenvalue weighted by atomic mass is 10.2. The van der Waals surface area contributed by atoms with Gasteiger partial charge in [-0.3, -0.25) is 0 Å². The van der Waals surface area contributed by atoms with Crippen molar-refractivity contribution < 1.29 is 13.2 Å². The molecule has 1 aromatic heterocycles. The van der Waals surface area contributed by atoms with Gasteiger partial charge in [0.2, 0.25) is 0 Å². The fraction of sp³-hybridized carbons (Fsp3) is 0.143. The fourth-order valence-electron chi connectivity index (χ4n) is 0.708. The molecule has 0 amide bonds. The second-order valence-corrected chi connectivity index (χ2v) is 3.02. The average molecular weight is 251 g/mol. The molecular formula is C7H2BrF3N2. The smallest absolute Gasteiger partial charge is 0.249 e. The first kappa shape index (κ1) is 9.99. The van der Waals surface area contributed by atoms with Gasteiger partial charge in [-0.25, -0.2) is 4.98 Å². The van der Waals surface area contributed by atoms with Crippen LogP contribution in [0.25, 0.3) is 0 Å². The van der Waals surface area contributed by atoms with Crippen LogP contribution < -0.4 is 0 Å². The van der Waals surface area contributed by atoms with Crippen LogP contribution in [0.2, 0.25) is 0 Å². The Kier molecular flexibility index (Phi) is 2.57. The molecule has 0 saturated carbocycles. The molecule has 6 heteroatoms. The highest BCUT2D eigenvalue weighted by Crippen LogP contribution is 2.33. The van der Waals surface area contributed by atoms with Gasteiger partial charge in [-0.1, -0.05) is 0 Å². The number of nitriles is 1. The topological polar surface area (TPSA) is 36.7 Å². The summed E-state index contributed by atoms with van der Waals surface area (Å²) in [4.78, 5) is 3.13. The van der Waals surface area contributed by atoms with Crippen LogP contribution >= 0.6 is 15.9 Å². The Balaban J connectivity index is 3.23. The number of rotatable bonds is 0. The highest BCUT2D eigenvalue weighted by molar-refractivity contribution is 9.10. The molecule has 0 atom stereocenters. The minimum atomic E-state index is -4.49. The largest absolute Gasteiger partial charge is 0.434 e. The summed E-state index contributed by atoms with van der Waals surface area (Å²) in [5, 5.41) is 8.36. The number of hydrogen-bond acceptors (Lipinski definition) is 2. The number of alkyl halides is 3. The molecule has 1 rings (SSSR count). The number of aromatic nitrogens is 1. The average Bonchev–Trinajstić information content (AvgIpc) is 2.01. The summed E-state index contributed by atoms with van der Waals surface area (Å²) in [6.45, 7) is 0. The van der Waals surface area contributed by atoms with Crippen molar-refractivity contribution in [1.29, 1.82) is 5.26 Å². The molecule has 0 aromatic carbocycles. The summed E-state index contributed by atoms with van der Waals surface area (Å²) in [6, 6.07) is 2.77. The van der Waals surface area contributed by atoms with Gasteiger partial charge < -0.3 is 0 Å². The number of pyridine rings is 1. The molecule has 1 heterocycles. The van der Waals surface area contributed by atoms with Crippen molar-refractivity contribution >= 4 is 15.9 Å². The Labute approximate surface area is 80.1 Å². The molecule has 2 nitrogen and oxygen atoms in total. The van der Waals surface area contributed by atoms with Gasteiger partial charge >= 0.3 is 6.18 Å². The van der Waals surface area contributed by atoms with Crippen molar-refractivity contribution in [2.45, 2.75) is 6.18 Å². The van der Waals surface area contributed by atoms with Crippen LogP contribution in [-0.4, -0.2) is 4.98 Å². The van der Waals surface area contributed by atoms with E-state index in [1.165, 1.54) is 0 Å². The van der Waals surface area contributed by atoms with E-state index in [2.05, 4.69) is 20.9 Å². The maximum Gasteiger partial charge on any atom is 0.434 e. The van der Waals surface area contributed by atoms with E-state index in [1.807, 2.05) is 0 Å². The second kappa shape index (κ2) is 3.34. The van der Waals surface area contributed by atoms with Gasteiger partial charge in [0.1, 0.15) is 6.07 Å². The third-order valence-corrected chi connectivity index (χ3v) is 1.84. The minimum Gasteiger partial charge on any atom is -0.249 e. The van der Waals surface area contributed by atoms with E-state index < -0.39 is 11.9 Å². The molecule has 0 radical (unpaired) electrons. The van der Waals surface area contributed by atoms with Crippen LogP contribution in [0, 0.1) is 11.3 Å². The van der Waals surface area contributed by atoms with E-state index in [-0.39, 0.29) is 10.0 Å². The molecule has 68 valence electrons. The number of nitrogens with zero attached hydrogens (tertiary/aromatic N) is 2. The van der Waals surface area contributed by atoms with Crippen molar-refractivity contribution in [2.24, 2.45) is 0 Å². The Morgan fingerprint density at radius 3 is 2.46 bits per heavy atom. The maximum absolute atomic E-state index is 12.1. The van der Waals surface area contributed by atoms with Crippen LogP contribution in [0.15, 0.2) is 16.7 Å². The quantitative estimate of drug-likeness (QED) is 0.710. The van der Waals surface area contributed by atoms with Crippen LogP contribution in [-0.2, 0) is 6.18 Å². The molecule has 0 aliphatic rings. The number of halogens is 4. The van der Waals surface area contributed by atoms with Crippen molar-refractivity contribution in [3.05, 3.63) is 28.0 Å². The highest BCUT2D eigenvalue weighted by atomic mass is 79.9. The molecule has 13 heavy (non-hydrogen) atoms. The standard InChI is InChI=1S/C7H2BrF3N2/c8-5-1-4(2-12)3-13-6(5)7(9,10)11/h1,3H. The molecule has 0 saturated heterocycles. The predicted octanol–water partition coefficient (Wildman–Crippen LogP) is 2.73. The molecule has 0 unspecified atom stereocenters. The molecule has 0 bridgehead atoms. The summed E-state index contributed by atoms with van der Waals surface area (Å²) in [5.74, 6) is 0. The monoisotopic (exact) mass is 250 g/mol. The fourth-order valence-corrected chi connectivity index (χ4v) is 1.28. The summed E-state index contributed by atoms with van der Waals surface area (Å²) >= 11 is 2.69. The highest BCUT2D eigenvalue weighted by Gasteiger charge is 2.34. The minimum absolute atomic E-state index is 0.0832. The van der Waals surface area contributed by atoms with Crippen LogP contribution in [0.4, 0.5) is 13.2 Å². The van der Waals surface area contributed by atoms with Gasteiger partial charge in [0, 0.05) is 10.7 Å². The van der Waals surface area contributed by atoms with Crippen molar-refractivity contribution in [3.8, 4) is 6.07 Å². The molecule has 0 aliphatic carbocycles. The van der Waals surface area contributed by atoms with Gasteiger partial charge in [-0.15, -0.1) is 0 Å². The zero-order valence-corrected chi connectivity index (χ0v) is 7.65. The summed E-state index contributed by atoms with van der Waals surface area (Å²) in [6.07, 6.45) is -3.61. The van der Waals surface area contributed by atoms with Gasteiger partial charge in [0.25, 0.3) is 0 Å². The first-order valence-electron chi connectivity index (χ1n) is 3.08. The summed E-state index contributed by atoms with van der Waals surface area (Å²) in [5.41, 5.74) is -0.939. The van der Waals surface area contributed by atoms with Gasteiger partial charge in [0.15, 0.2) is 5.69 Å². The molecule has 0 fully saturated rings. The third-order valence-electron chi connectivity index (χ3n) is 1.24. The van der Waals surface area contributed by atoms with E-state index in [1.54, 1.807) is 6.07 Å². The summed E-state index contributed by atoms with van der Waals surface area (Å²) in [7, 11) is 0. The normalized spacial score (nSPS) is 11.0. The first-order valence-corrected chi connectivity index (χ1v) is 3.87. The maximum atomic E-state index is 12.1. The van der Waals surface area contributed by atoms with Crippen molar-refractivity contribution in [3.63, 3.8) is 0 Å². The molecule has 0 N–H and O–H groups in total. The Morgan fingerprint density at radius 2 is 2.08 bits per heavy atom. The van der Waals surface area contributed by atoms with E-state index in [4.69, 9.17) is 5.26 Å². The molecule has 0 aliphatic heterocycles. The molecule has 1 aromatic rings. The van der Waals surface area contributed by atoms with Gasteiger partial charge in [0.05, 0.1) is 5.56 Å². The first-order chi connectivity index (χ1) is 5.95. The lowest BCUT2D eigenvalue weighted by molar-refractivity contribution is -0.141. The van der Waals surface area contributed by atoms with E-state index in [0.717, 1.165) is 12.3 Å². The van der Waals surface area contributed by atoms with E-state index >= 15 is 0 Å². The SMILES string of the molecule is N#Cc1cnc(C(F)(F)F)c(Br)c1. The second-order valence-electron chi connectivity index (χ2n) is 2.16. The lowest BCUT2D eigenvalue weighted by Gasteiger charge is -2.06. The number of hydrogen-bond donors (Lipinski definition) is 0. The molecule has 0 spiro atoms. The van der Waals surface area contributed by atoms with Crippen molar-refractivity contribution in [1.82, 2.24) is 4.98 Å². The molecular weight excluding hydrogens is 249 g/mol. The zero-order valence-electron chi connectivity index (χ0n) is 6.06. The Hall–Kier alpha value is -1.09. The lowest BCUT2D eigenvalue weighted by Crippen LogP contribution is -2.08. The van der Waals surface area contributed by atoms with Crippen LogP contribution in [0.5, 0.6) is 0 Å². The van der Waals surface area contributed by atoms with Gasteiger partial charge in [-0.05, 0) is 22.0 Å². The van der Waals surface area contributed by atoms with Crippen molar-refractivity contribution in [2.75, 3.05) is 0 Å². The van der Waals surface area contributed by atoms with E-state index in [9.17, 15) is 13.2 Å². The van der Waals surface area contributed by atoms with Gasteiger partial charge in [-0.2, -0.15) is 18.4 Å². The Morgan fingerprint density at radius 1 is 1.46 bits per heavy atom.